The van der Waals surface area contributed by atoms with E-state index in [2.05, 4.69) is 0 Å². The van der Waals surface area contributed by atoms with Crippen LogP contribution >= 0.6 is 0 Å². The van der Waals surface area contributed by atoms with Gasteiger partial charge in [0.25, 0.3) is 5.91 Å². The van der Waals surface area contributed by atoms with E-state index < -0.39 is 6.10 Å². The standard InChI is InChI=1S/C12H21NO3/c14-11(10-4-2-1-3-5-10)12(15)13-6-8-16-9-7-13/h10-11,14H,1-9H2/t11-/m1/s1. The molecule has 1 amide bonds. The van der Waals surface area contributed by atoms with Gasteiger partial charge in [-0.2, -0.15) is 0 Å². The van der Waals surface area contributed by atoms with Gasteiger partial charge in [0.15, 0.2) is 0 Å². The normalized spacial score (nSPS) is 25.4. The summed E-state index contributed by atoms with van der Waals surface area (Å²) in [5.41, 5.74) is 0. The summed E-state index contributed by atoms with van der Waals surface area (Å²) < 4.78 is 5.20. The van der Waals surface area contributed by atoms with E-state index >= 15 is 0 Å². The molecule has 0 spiro atoms. The van der Waals surface area contributed by atoms with Crippen LogP contribution in [0.25, 0.3) is 0 Å². The van der Waals surface area contributed by atoms with Gasteiger partial charge in [-0.15, -0.1) is 0 Å². The molecular formula is C12H21NO3. The number of aliphatic hydroxyl groups is 1. The molecule has 0 aromatic rings. The molecule has 0 aromatic carbocycles. The fourth-order valence-corrected chi connectivity index (χ4v) is 2.62. The highest BCUT2D eigenvalue weighted by Crippen LogP contribution is 2.27. The first-order chi connectivity index (χ1) is 7.79. The molecule has 0 unspecified atom stereocenters. The van der Waals surface area contributed by atoms with Crippen molar-refractivity contribution in [3.8, 4) is 0 Å². The van der Waals surface area contributed by atoms with Crippen molar-refractivity contribution in [1.29, 1.82) is 0 Å². The number of carbonyl (C=O) groups is 1. The Balaban J connectivity index is 1.86. The molecule has 92 valence electrons. The number of carbonyl (C=O) groups excluding carboxylic acids is 1. The lowest BCUT2D eigenvalue weighted by Crippen LogP contribution is -2.48. The van der Waals surface area contributed by atoms with Crippen LogP contribution in [0, 0.1) is 5.92 Å². The Morgan fingerprint density at radius 2 is 1.81 bits per heavy atom. The number of hydrogen-bond acceptors (Lipinski definition) is 3. The number of nitrogens with zero attached hydrogens (tertiary/aromatic N) is 1. The van der Waals surface area contributed by atoms with Crippen molar-refractivity contribution in [2.45, 2.75) is 38.2 Å². The number of aliphatic hydroxyl groups excluding tert-OH is 1. The Morgan fingerprint density at radius 3 is 2.44 bits per heavy atom. The topological polar surface area (TPSA) is 49.8 Å². The smallest absolute Gasteiger partial charge is 0.251 e. The molecule has 2 aliphatic rings. The van der Waals surface area contributed by atoms with Gasteiger partial charge in [-0.25, -0.2) is 0 Å². The zero-order valence-corrected chi connectivity index (χ0v) is 9.73. The summed E-state index contributed by atoms with van der Waals surface area (Å²) >= 11 is 0. The lowest BCUT2D eigenvalue weighted by Gasteiger charge is -2.32. The molecule has 0 aromatic heterocycles. The van der Waals surface area contributed by atoms with Crippen molar-refractivity contribution in [2.75, 3.05) is 26.3 Å². The predicted octanol–water partition coefficient (Wildman–Crippen LogP) is 0.786. The minimum Gasteiger partial charge on any atom is -0.383 e. The molecule has 2 rings (SSSR count). The number of rotatable bonds is 2. The summed E-state index contributed by atoms with van der Waals surface area (Å²) in [6.07, 6.45) is 4.76. The second-order valence-corrected chi connectivity index (χ2v) is 4.78. The van der Waals surface area contributed by atoms with Gasteiger partial charge >= 0.3 is 0 Å². The van der Waals surface area contributed by atoms with Gasteiger partial charge in [-0.05, 0) is 18.8 Å². The van der Waals surface area contributed by atoms with Crippen LogP contribution in [-0.2, 0) is 9.53 Å². The zero-order valence-electron chi connectivity index (χ0n) is 9.73. The number of amides is 1. The second kappa shape index (κ2) is 5.64. The lowest BCUT2D eigenvalue weighted by molar-refractivity contribution is -0.147. The van der Waals surface area contributed by atoms with Crippen LogP contribution in [0.3, 0.4) is 0 Å². The summed E-state index contributed by atoms with van der Waals surface area (Å²) in [5.74, 6) is 0.0966. The molecule has 4 heteroatoms. The van der Waals surface area contributed by atoms with E-state index in [4.69, 9.17) is 4.74 Å². The van der Waals surface area contributed by atoms with Gasteiger partial charge in [0.1, 0.15) is 6.10 Å². The molecule has 0 bridgehead atoms. The van der Waals surface area contributed by atoms with Crippen molar-refractivity contribution in [3.63, 3.8) is 0 Å². The van der Waals surface area contributed by atoms with Crippen LogP contribution in [0.1, 0.15) is 32.1 Å². The average molecular weight is 227 g/mol. The van der Waals surface area contributed by atoms with Crippen molar-refractivity contribution < 1.29 is 14.6 Å². The summed E-state index contributed by atoms with van der Waals surface area (Å²) in [5, 5.41) is 10.1. The quantitative estimate of drug-likeness (QED) is 0.758. The maximum absolute atomic E-state index is 12.0. The fourth-order valence-electron chi connectivity index (χ4n) is 2.62. The molecule has 16 heavy (non-hydrogen) atoms. The van der Waals surface area contributed by atoms with Gasteiger partial charge < -0.3 is 14.7 Å². The number of morpholine rings is 1. The first kappa shape index (κ1) is 11.9. The van der Waals surface area contributed by atoms with E-state index in [1.807, 2.05) is 0 Å². The minimum atomic E-state index is -0.779. The SMILES string of the molecule is O=C([C@H](O)C1CCCCC1)N1CCOCC1. The van der Waals surface area contributed by atoms with Gasteiger partial charge in [-0.1, -0.05) is 19.3 Å². The third-order valence-electron chi connectivity index (χ3n) is 3.67. The van der Waals surface area contributed by atoms with E-state index in [-0.39, 0.29) is 11.8 Å². The molecular weight excluding hydrogens is 206 g/mol. The second-order valence-electron chi connectivity index (χ2n) is 4.78. The van der Waals surface area contributed by atoms with Gasteiger partial charge in [0, 0.05) is 13.1 Å². The predicted molar refractivity (Wildman–Crippen MR) is 60.0 cm³/mol. The van der Waals surface area contributed by atoms with E-state index in [1.165, 1.54) is 6.42 Å². The summed E-state index contributed by atoms with van der Waals surface area (Å²) in [4.78, 5) is 13.8. The first-order valence-corrected chi connectivity index (χ1v) is 6.33. The van der Waals surface area contributed by atoms with Gasteiger partial charge in [0.2, 0.25) is 0 Å². The van der Waals surface area contributed by atoms with Crippen molar-refractivity contribution >= 4 is 5.91 Å². The van der Waals surface area contributed by atoms with E-state index in [9.17, 15) is 9.90 Å². The Kier molecular flexibility index (Phi) is 4.18. The van der Waals surface area contributed by atoms with Crippen molar-refractivity contribution in [2.24, 2.45) is 5.92 Å². The molecule has 2 fully saturated rings. The first-order valence-electron chi connectivity index (χ1n) is 6.33. The molecule has 1 aliphatic heterocycles. The third-order valence-corrected chi connectivity index (χ3v) is 3.67. The highest BCUT2D eigenvalue weighted by Gasteiger charge is 2.31. The van der Waals surface area contributed by atoms with Crippen LogP contribution in [0.15, 0.2) is 0 Å². The van der Waals surface area contributed by atoms with E-state index in [0.717, 1.165) is 25.7 Å². The van der Waals surface area contributed by atoms with Crippen molar-refractivity contribution in [3.05, 3.63) is 0 Å². The highest BCUT2D eigenvalue weighted by atomic mass is 16.5. The number of hydrogen-bond donors (Lipinski definition) is 1. The molecule has 1 aliphatic carbocycles. The molecule has 1 heterocycles. The van der Waals surface area contributed by atoms with Crippen LogP contribution in [0.4, 0.5) is 0 Å². The lowest BCUT2D eigenvalue weighted by atomic mass is 9.85. The summed E-state index contributed by atoms with van der Waals surface area (Å²) in [6, 6.07) is 0. The molecule has 4 nitrogen and oxygen atoms in total. The molecule has 1 N–H and O–H groups in total. The zero-order chi connectivity index (χ0) is 11.4. The Hall–Kier alpha value is -0.610. The van der Waals surface area contributed by atoms with Gasteiger partial charge in [-0.3, -0.25) is 4.79 Å². The number of ether oxygens (including phenoxy) is 1. The minimum absolute atomic E-state index is 0.0878. The van der Waals surface area contributed by atoms with E-state index in [0.29, 0.717) is 26.3 Å². The molecule has 0 radical (unpaired) electrons. The van der Waals surface area contributed by atoms with Gasteiger partial charge in [0.05, 0.1) is 13.2 Å². The molecule has 1 saturated heterocycles. The summed E-state index contributed by atoms with van der Waals surface area (Å²) in [7, 11) is 0. The molecule has 1 atom stereocenters. The average Bonchev–Trinajstić information content (AvgIpc) is 2.39. The van der Waals surface area contributed by atoms with E-state index in [1.54, 1.807) is 4.90 Å². The molecule has 1 saturated carbocycles. The Bertz CT molecular complexity index is 232. The fraction of sp³-hybridized carbons (Fsp3) is 0.917. The van der Waals surface area contributed by atoms with Crippen LogP contribution in [-0.4, -0.2) is 48.3 Å². The summed E-state index contributed by atoms with van der Waals surface area (Å²) in [6.45, 7) is 2.46. The highest BCUT2D eigenvalue weighted by molar-refractivity contribution is 5.81. The van der Waals surface area contributed by atoms with Crippen LogP contribution < -0.4 is 0 Å². The Labute approximate surface area is 96.6 Å². The maximum Gasteiger partial charge on any atom is 0.251 e. The van der Waals surface area contributed by atoms with Crippen LogP contribution in [0.2, 0.25) is 0 Å². The van der Waals surface area contributed by atoms with Crippen LogP contribution in [0.5, 0.6) is 0 Å². The van der Waals surface area contributed by atoms with Crippen molar-refractivity contribution in [1.82, 2.24) is 4.90 Å². The largest absolute Gasteiger partial charge is 0.383 e. The third kappa shape index (κ3) is 2.74. The Morgan fingerprint density at radius 1 is 1.19 bits per heavy atom. The monoisotopic (exact) mass is 227 g/mol. The maximum atomic E-state index is 12.0.